The van der Waals surface area contributed by atoms with Gasteiger partial charge < -0.3 is 19.1 Å². The Hall–Kier alpha value is -1.59. The average Bonchev–Trinajstić information content (AvgIpc) is 2.50. The molecule has 0 atom stereocenters. The number of para-hydroxylation sites is 1. The van der Waals surface area contributed by atoms with Crippen molar-refractivity contribution in [2.45, 2.75) is 25.0 Å². The molecule has 2 saturated heterocycles. The molecule has 5 heteroatoms. The first-order chi connectivity index (χ1) is 9.77. The van der Waals surface area contributed by atoms with Crippen molar-refractivity contribution in [1.29, 1.82) is 0 Å². The van der Waals surface area contributed by atoms with E-state index in [-0.39, 0.29) is 6.09 Å². The van der Waals surface area contributed by atoms with Gasteiger partial charge >= 0.3 is 6.09 Å². The SMILES string of the molecule is O=C(Oc1ccccc1)N1CCC2(CC1)OCCCO2. The molecule has 0 N–H and O–H groups in total. The third kappa shape index (κ3) is 2.94. The number of ether oxygens (including phenoxy) is 3. The summed E-state index contributed by atoms with van der Waals surface area (Å²) in [6.45, 7) is 2.69. The van der Waals surface area contributed by atoms with E-state index in [9.17, 15) is 4.79 Å². The predicted octanol–water partition coefficient (Wildman–Crippen LogP) is 2.41. The number of hydrogen-bond donors (Lipinski definition) is 0. The molecular weight excluding hydrogens is 258 g/mol. The van der Waals surface area contributed by atoms with Crippen molar-refractivity contribution >= 4 is 6.09 Å². The van der Waals surface area contributed by atoms with Crippen molar-refractivity contribution in [3.05, 3.63) is 30.3 Å². The molecule has 1 amide bonds. The Bertz CT molecular complexity index is 446. The summed E-state index contributed by atoms with van der Waals surface area (Å²) in [5.74, 6) is 0.102. The topological polar surface area (TPSA) is 48.0 Å². The molecule has 0 bridgehead atoms. The smallest absolute Gasteiger partial charge is 0.410 e. The van der Waals surface area contributed by atoms with E-state index < -0.39 is 5.79 Å². The van der Waals surface area contributed by atoms with E-state index in [1.54, 1.807) is 17.0 Å². The molecule has 2 fully saturated rings. The highest BCUT2D eigenvalue weighted by atomic mass is 16.7. The third-order valence-corrected chi connectivity index (χ3v) is 3.75. The van der Waals surface area contributed by atoms with Crippen LogP contribution in [0.3, 0.4) is 0 Å². The number of hydrogen-bond acceptors (Lipinski definition) is 4. The Labute approximate surface area is 118 Å². The summed E-state index contributed by atoms with van der Waals surface area (Å²) in [6, 6.07) is 9.13. The minimum atomic E-state index is -0.470. The molecule has 5 nitrogen and oxygen atoms in total. The zero-order chi connectivity index (χ0) is 13.8. The summed E-state index contributed by atoms with van der Waals surface area (Å²) in [5.41, 5.74) is 0. The molecule has 0 saturated carbocycles. The molecule has 2 aliphatic rings. The largest absolute Gasteiger partial charge is 0.415 e. The van der Waals surface area contributed by atoms with Gasteiger partial charge in [0.15, 0.2) is 5.79 Å². The van der Waals surface area contributed by atoms with Crippen LogP contribution in [0.4, 0.5) is 4.79 Å². The van der Waals surface area contributed by atoms with E-state index in [0.29, 0.717) is 31.7 Å². The number of nitrogens with zero attached hydrogens (tertiary/aromatic N) is 1. The van der Waals surface area contributed by atoms with Gasteiger partial charge in [-0.05, 0) is 18.6 Å². The number of benzene rings is 1. The zero-order valence-electron chi connectivity index (χ0n) is 11.4. The lowest BCUT2D eigenvalue weighted by Gasteiger charge is -2.42. The Balaban J connectivity index is 1.54. The number of piperidine rings is 1. The molecule has 2 aliphatic heterocycles. The van der Waals surface area contributed by atoms with Crippen LogP contribution in [0.1, 0.15) is 19.3 Å². The highest BCUT2D eigenvalue weighted by Crippen LogP contribution is 2.31. The average molecular weight is 277 g/mol. The lowest BCUT2D eigenvalue weighted by molar-refractivity contribution is -0.282. The first-order valence-corrected chi connectivity index (χ1v) is 7.07. The fourth-order valence-electron chi connectivity index (χ4n) is 2.59. The van der Waals surface area contributed by atoms with Crippen LogP contribution in [0.2, 0.25) is 0 Å². The summed E-state index contributed by atoms with van der Waals surface area (Å²) in [7, 11) is 0. The maximum Gasteiger partial charge on any atom is 0.415 e. The fourth-order valence-corrected chi connectivity index (χ4v) is 2.59. The van der Waals surface area contributed by atoms with E-state index in [0.717, 1.165) is 19.6 Å². The second kappa shape index (κ2) is 5.81. The van der Waals surface area contributed by atoms with Crippen LogP contribution in [0.5, 0.6) is 5.75 Å². The van der Waals surface area contributed by atoms with E-state index in [2.05, 4.69) is 0 Å². The lowest BCUT2D eigenvalue weighted by Crippen LogP contribution is -2.51. The Kier molecular flexibility index (Phi) is 3.89. The molecular formula is C15H19NO4. The van der Waals surface area contributed by atoms with Crippen molar-refractivity contribution in [3.63, 3.8) is 0 Å². The Morgan fingerprint density at radius 1 is 1.10 bits per heavy atom. The number of likely N-dealkylation sites (tertiary alicyclic amines) is 1. The van der Waals surface area contributed by atoms with Gasteiger partial charge in [-0.1, -0.05) is 18.2 Å². The summed E-state index contributed by atoms with van der Waals surface area (Å²) in [6.07, 6.45) is 2.05. The molecule has 2 heterocycles. The molecule has 0 aromatic heterocycles. The molecule has 1 aromatic rings. The molecule has 1 aromatic carbocycles. The molecule has 0 aliphatic carbocycles. The van der Waals surface area contributed by atoms with Crippen molar-refractivity contribution in [2.75, 3.05) is 26.3 Å². The van der Waals surface area contributed by atoms with Gasteiger partial charge in [0.2, 0.25) is 0 Å². The molecule has 20 heavy (non-hydrogen) atoms. The molecule has 1 spiro atoms. The third-order valence-electron chi connectivity index (χ3n) is 3.75. The highest BCUT2D eigenvalue weighted by Gasteiger charge is 2.39. The second-order valence-corrected chi connectivity index (χ2v) is 5.13. The number of carbonyl (C=O) groups excluding carboxylic acids is 1. The van der Waals surface area contributed by atoms with E-state index in [4.69, 9.17) is 14.2 Å². The van der Waals surface area contributed by atoms with Crippen LogP contribution in [0.15, 0.2) is 30.3 Å². The van der Waals surface area contributed by atoms with Crippen molar-refractivity contribution in [1.82, 2.24) is 4.90 Å². The highest BCUT2D eigenvalue weighted by molar-refractivity contribution is 5.70. The van der Waals surface area contributed by atoms with Gasteiger partial charge in [0, 0.05) is 25.9 Å². The lowest BCUT2D eigenvalue weighted by atomic mass is 10.0. The minimum absolute atomic E-state index is 0.304. The normalized spacial score (nSPS) is 21.7. The van der Waals surface area contributed by atoms with Crippen molar-refractivity contribution in [3.8, 4) is 5.75 Å². The van der Waals surface area contributed by atoms with Gasteiger partial charge in [0.25, 0.3) is 0 Å². The van der Waals surface area contributed by atoms with Crippen LogP contribution in [0, 0.1) is 0 Å². The summed E-state index contributed by atoms with van der Waals surface area (Å²) in [4.78, 5) is 13.8. The van der Waals surface area contributed by atoms with Gasteiger partial charge in [-0.3, -0.25) is 0 Å². The van der Waals surface area contributed by atoms with Crippen LogP contribution in [-0.4, -0.2) is 43.1 Å². The summed E-state index contributed by atoms with van der Waals surface area (Å²) in [5, 5.41) is 0. The Morgan fingerprint density at radius 2 is 1.75 bits per heavy atom. The first kappa shape index (κ1) is 13.4. The minimum Gasteiger partial charge on any atom is -0.410 e. The van der Waals surface area contributed by atoms with E-state index in [1.807, 2.05) is 18.2 Å². The van der Waals surface area contributed by atoms with Crippen molar-refractivity contribution < 1.29 is 19.0 Å². The molecule has 0 radical (unpaired) electrons. The zero-order valence-corrected chi connectivity index (χ0v) is 11.4. The number of rotatable bonds is 1. The Morgan fingerprint density at radius 3 is 2.40 bits per heavy atom. The van der Waals surface area contributed by atoms with Gasteiger partial charge in [0.1, 0.15) is 5.75 Å². The predicted molar refractivity (Wildman–Crippen MR) is 72.5 cm³/mol. The fraction of sp³-hybridized carbons (Fsp3) is 0.533. The molecule has 3 rings (SSSR count). The number of amides is 1. The molecule has 0 unspecified atom stereocenters. The second-order valence-electron chi connectivity index (χ2n) is 5.13. The van der Waals surface area contributed by atoms with Gasteiger partial charge in [-0.15, -0.1) is 0 Å². The van der Waals surface area contributed by atoms with Gasteiger partial charge in [0.05, 0.1) is 13.2 Å². The standard InChI is InChI=1S/C15H19NO4/c17-14(20-13-5-2-1-3-6-13)16-9-7-15(8-10-16)18-11-4-12-19-15/h1-3,5-6H,4,7-12H2. The quantitative estimate of drug-likeness (QED) is 0.791. The van der Waals surface area contributed by atoms with Crippen LogP contribution in [0.25, 0.3) is 0 Å². The van der Waals surface area contributed by atoms with E-state index >= 15 is 0 Å². The van der Waals surface area contributed by atoms with Crippen LogP contribution in [-0.2, 0) is 9.47 Å². The summed E-state index contributed by atoms with van der Waals surface area (Å²) < 4.78 is 16.8. The van der Waals surface area contributed by atoms with Gasteiger partial charge in [-0.25, -0.2) is 4.79 Å². The monoisotopic (exact) mass is 277 g/mol. The first-order valence-electron chi connectivity index (χ1n) is 7.07. The van der Waals surface area contributed by atoms with E-state index in [1.165, 1.54) is 0 Å². The number of carbonyl (C=O) groups is 1. The summed E-state index contributed by atoms with van der Waals surface area (Å²) >= 11 is 0. The van der Waals surface area contributed by atoms with Crippen LogP contribution >= 0.6 is 0 Å². The van der Waals surface area contributed by atoms with Crippen LogP contribution < -0.4 is 4.74 Å². The van der Waals surface area contributed by atoms with Crippen molar-refractivity contribution in [2.24, 2.45) is 0 Å². The molecule has 108 valence electrons. The maximum absolute atomic E-state index is 12.1. The van der Waals surface area contributed by atoms with Gasteiger partial charge in [-0.2, -0.15) is 0 Å². The maximum atomic E-state index is 12.1.